The van der Waals surface area contributed by atoms with Crippen LogP contribution < -0.4 is 0 Å². The van der Waals surface area contributed by atoms with E-state index in [1.165, 1.54) is 0 Å². The third-order valence-electron chi connectivity index (χ3n) is 6.72. The Morgan fingerprint density at radius 1 is 0.469 bits per heavy atom. The summed E-state index contributed by atoms with van der Waals surface area (Å²) in [4.78, 5) is 0. The normalized spacial score (nSPS) is 21.7. The van der Waals surface area contributed by atoms with E-state index in [2.05, 4.69) is 18.9 Å². The summed E-state index contributed by atoms with van der Waals surface area (Å²) in [6, 6.07) is 0. The summed E-state index contributed by atoms with van der Waals surface area (Å²) in [6.45, 7) is -2.91. The van der Waals surface area contributed by atoms with Gasteiger partial charge in [-0.3, -0.25) is 0 Å². The monoisotopic (exact) mass is 788 g/mol. The molecule has 3 unspecified atom stereocenters. The van der Waals surface area contributed by atoms with E-state index in [0.29, 0.717) is 0 Å². The van der Waals surface area contributed by atoms with Crippen molar-refractivity contribution in [1.29, 1.82) is 0 Å². The third-order valence-corrected chi connectivity index (χ3v) is 6.72. The molecule has 0 bridgehead atoms. The molecule has 0 saturated carbocycles. The molecule has 2 fully saturated rings. The molecular weight excluding hydrogens is 772 g/mol. The molecule has 49 heavy (non-hydrogen) atoms. The van der Waals surface area contributed by atoms with Crippen molar-refractivity contribution in [2.24, 2.45) is 0 Å². The molecule has 0 N–H and O–H groups in total. The number of halogens is 24. The van der Waals surface area contributed by atoms with E-state index in [9.17, 15) is 105 Å². The van der Waals surface area contributed by atoms with Crippen LogP contribution in [0.5, 0.6) is 0 Å². The molecule has 2 aliphatic heterocycles. The number of epoxide rings is 2. The van der Waals surface area contributed by atoms with Gasteiger partial charge in [-0.05, 0) is 0 Å². The number of rotatable bonds is 20. The van der Waals surface area contributed by atoms with Crippen molar-refractivity contribution in [2.45, 2.75) is 96.3 Å². The highest BCUT2D eigenvalue weighted by Gasteiger charge is 2.98. The maximum Gasteiger partial charge on any atom is 0.385 e. The summed E-state index contributed by atoms with van der Waals surface area (Å²) in [5.74, 6) is -96.6. The fourth-order valence-electron chi connectivity index (χ4n) is 3.44. The molecule has 292 valence electrons. The molecule has 0 aromatic carbocycles. The highest BCUT2D eigenvalue weighted by atomic mass is 19.4. The average Bonchev–Trinajstić information content (AvgIpc) is 3.86. The number of ether oxygens (including phenoxy) is 4. The Kier molecular flexibility index (Phi) is 11.2. The minimum atomic E-state index is -9.50. The van der Waals surface area contributed by atoms with E-state index < -0.39 is 116 Å². The van der Waals surface area contributed by atoms with E-state index >= 15 is 0 Å². The second-order valence-corrected chi connectivity index (χ2v) is 10.4. The second kappa shape index (κ2) is 12.7. The van der Waals surface area contributed by atoms with Crippen molar-refractivity contribution in [1.82, 2.24) is 0 Å². The lowest BCUT2D eigenvalue weighted by atomic mass is 9.84. The van der Waals surface area contributed by atoms with Crippen molar-refractivity contribution in [3.05, 3.63) is 0 Å². The lowest BCUT2D eigenvalue weighted by Crippen LogP contribution is -2.78. The fourth-order valence-corrected chi connectivity index (χ4v) is 3.44. The van der Waals surface area contributed by atoms with Gasteiger partial charge in [0.1, 0.15) is 12.2 Å². The van der Waals surface area contributed by atoms with Crippen molar-refractivity contribution in [3.8, 4) is 0 Å². The Balaban J connectivity index is 2.53. The molecule has 0 radical (unpaired) electrons. The van der Waals surface area contributed by atoms with Crippen molar-refractivity contribution in [2.75, 3.05) is 33.0 Å². The maximum atomic E-state index is 14.4. The maximum absolute atomic E-state index is 14.4. The van der Waals surface area contributed by atoms with Crippen molar-refractivity contribution in [3.63, 3.8) is 0 Å². The quantitative estimate of drug-likeness (QED) is 0.0933. The summed E-state index contributed by atoms with van der Waals surface area (Å²) in [5.41, 5.74) is 0. The first-order valence-electron chi connectivity index (χ1n) is 12.3. The molecule has 2 rings (SSSR count). The smallest absolute Gasteiger partial charge is 0.376 e. The Morgan fingerprint density at radius 2 is 0.776 bits per heavy atom. The van der Waals surface area contributed by atoms with Gasteiger partial charge in [0, 0.05) is 6.42 Å². The van der Waals surface area contributed by atoms with Crippen LogP contribution in [-0.2, 0) is 18.9 Å². The molecule has 0 aliphatic carbocycles. The van der Waals surface area contributed by atoms with Gasteiger partial charge in [0.25, 0.3) is 0 Å². The third kappa shape index (κ3) is 6.67. The van der Waals surface area contributed by atoms with Crippen LogP contribution in [-0.4, -0.2) is 123 Å². The molecule has 0 amide bonds. The molecule has 2 aliphatic rings. The summed E-state index contributed by atoms with van der Waals surface area (Å²) >= 11 is 0. The molecule has 4 nitrogen and oxygen atoms in total. The zero-order chi connectivity index (χ0) is 38.9. The summed E-state index contributed by atoms with van der Waals surface area (Å²) in [5, 5.41) is 0. The largest absolute Gasteiger partial charge is 0.385 e. The van der Waals surface area contributed by atoms with Gasteiger partial charge in [-0.2, -0.15) is 96.6 Å². The number of hydrogen-bond donors (Lipinski definition) is 0. The van der Waals surface area contributed by atoms with Crippen LogP contribution in [0.2, 0.25) is 0 Å². The summed E-state index contributed by atoms with van der Waals surface area (Å²) < 4.78 is 347. The van der Waals surface area contributed by atoms with Crippen LogP contribution in [0, 0.1) is 0 Å². The van der Waals surface area contributed by atoms with E-state index in [1.54, 1.807) is 0 Å². The number of alkyl halides is 24. The van der Waals surface area contributed by atoms with Crippen LogP contribution in [0.25, 0.3) is 0 Å². The molecule has 2 heterocycles. The highest BCUT2D eigenvalue weighted by Crippen LogP contribution is 2.67. The van der Waals surface area contributed by atoms with Gasteiger partial charge >= 0.3 is 71.6 Å². The van der Waals surface area contributed by atoms with E-state index in [0.717, 1.165) is 0 Å². The Bertz CT molecular complexity index is 1150. The van der Waals surface area contributed by atoms with Crippen molar-refractivity contribution < 1.29 is 124 Å². The standard InChI is InChI=1S/C21H16F24O4/c22-10(23)12(26,27)14(30,31)16(34,35)18(38,39)20(42,43)21(44,45)19(40,41)17(36,37)15(32,33)13(28,29)11(24,25)1-7(47-5-9-6-49-9)2-46-3-8-4-48-8/h7-10H,1-6H2. The zero-order valence-electron chi connectivity index (χ0n) is 22.8. The van der Waals surface area contributed by atoms with Gasteiger partial charge < -0.3 is 18.9 Å². The first-order chi connectivity index (χ1) is 21.5. The molecule has 0 spiro atoms. The van der Waals surface area contributed by atoms with Crippen LogP contribution in [0.4, 0.5) is 105 Å². The Hall–Kier alpha value is -1.84. The Labute approximate surface area is 254 Å². The second-order valence-electron chi connectivity index (χ2n) is 10.4. The zero-order valence-corrected chi connectivity index (χ0v) is 22.8. The van der Waals surface area contributed by atoms with E-state index in [4.69, 9.17) is 0 Å². The lowest BCUT2D eigenvalue weighted by Gasteiger charge is -2.45. The first-order valence-corrected chi connectivity index (χ1v) is 12.3. The molecular formula is C21H16F24O4. The van der Waals surface area contributed by atoms with Gasteiger partial charge in [-0.1, -0.05) is 0 Å². The molecule has 2 saturated heterocycles. The molecule has 28 heteroatoms. The van der Waals surface area contributed by atoms with Crippen LogP contribution in [0.15, 0.2) is 0 Å². The highest BCUT2D eigenvalue weighted by molar-refractivity contribution is 5.19. The van der Waals surface area contributed by atoms with Crippen LogP contribution >= 0.6 is 0 Å². The Morgan fingerprint density at radius 3 is 1.10 bits per heavy atom. The molecule has 0 aromatic heterocycles. The van der Waals surface area contributed by atoms with E-state index in [-0.39, 0.29) is 13.2 Å². The van der Waals surface area contributed by atoms with Gasteiger partial charge in [-0.25, -0.2) is 8.78 Å². The van der Waals surface area contributed by atoms with Gasteiger partial charge in [0.2, 0.25) is 0 Å². The lowest BCUT2D eigenvalue weighted by molar-refractivity contribution is -0.476. The fraction of sp³-hybridized carbons (Fsp3) is 1.00. The van der Waals surface area contributed by atoms with E-state index in [1.807, 2.05) is 0 Å². The van der Waals surface area contributed by atoms with Gasteiger partial charge in [0.05, 0.1) is 39.1 Å². The summed E-state index contributed by atoms with van der Waals surface area (Å²) in [7, 11) is 0. The first kappa shape index (κ1) is 43.3. The minimum absolute atomic E-state index is 0.0109. The van der Waals surface area contributed by atoms with Crippen molar-refractivity contribution >= 4 is 0 Å². The van der Waals surface area contributed by atoms with Crippen LogP contribution in [0.1, 0.15) is 6.42 Å². The number of hydrogen-bond acceptors (Lipinski definition) is 4. The topological polar surface area (TPSA) is 43.5 Å². The predicted molar refractivity (Wildman–Crippen MR) is 105 cm³/mol. The van der Waals surface area contributed by atoms with Crippen LogP contribution in [0.3, 0.4) is 0 Å². The van der Waals surface area contributed by atoms with Gasteiger partial charge in [-0.15, -0.1) is 0 Å². The SMILES string of the molecule is FC(F)C(F)(F)C(F)(F)C(F)(F)C(F)(F)C(F)(F)C(F)(F)C(F)(F)C(F)(F)C(F)(F)C(F)(F)C(F)(F)CC(COCC1CO1)OCC1CO1. The summed E-state index contributed by atoms with van der Waals surface area (Å²) in [6.07, 6.45) is -13.5. The predicted octanol–water partition coefficient (Wildman–Crippen LogP) is 7.83. The average molecular weight is 788 g/mol. The minimum Gasteiger partial charge on any atom is -0.376 e. The molecule has 0 aromatic rings. The van der Waals surface area contributed by atoms with Gasteiger partial charge in [0.15, 0.2) is 0 Å². The molecule has 3 atom stereocenters.